The summed E-state index contributed by atoms with van der Waals surface area (Å²) in [7, 11) is 0. The van der Waals surface area contributed by atoms with Crippen LogP contribution in [0.15, 0.2) is 24.3 Å². The van der Waals surface area contributed by atoms with Gasteiger partial charge in [0, 0.05) is 11.4 Å². The second kappa shape index (κ2) is 5.45. The van der Waals surface area contributed by atoms with E-state index in [-0.39, 0.29) is 23.1 Å². The van der Waals surface area contributed by atoms with Gasteiger partial charge in [0.05, 0.1) is 5.92 Å². The Morgan fingerprint density at radius 1 is 1.29 bits per heavy atom. The van der Waals surface area contributed by atoms with E-state index in [2.05, 4.69) is 12.2 Å². The van der Waals surface area contributed by atoms with E-state index < -0.39 is 0 Å². The first kappa shape index (κ1) is 14.6. The van der Waals surface area contributed by atoms with E-state index in [1.54, 1.807) is 0 Å². The summed E-state index contributed by atoms with van der Waals surface area (Å²) >= 11 is 6.11. The van der Waals surface area contributed by atoms with E-state index in [0.29, 0.717) is 17.4 Å². The molecule has 1 saturated heterocycles. The molecular formula is C17H20ClNO2. The van der Waals surface area contributed by atoms with Crippen molar-refractivity contribution >= 4 is 23.4 Å². The number of benzene rings is 1. The van der Waals surface area contributed by atoms with Crippen molar-refractivity contribution < 1.29 is 9.59 Å². The molecule has 4 heteroatoms. The molecule has 1 aromatic rings. The average molecular weight is 306 g/mol. The van der Waals surface area contributed by atoms with Crippen LogP contribution < -0.4 is 5.32 Å². The molecule has 1 heterocycles. The van der Waals surface area contributed by atoms with Gasteiger partial charge in [0.25, 0.3) is 0 Å². The molecular weight excluding hydrogens is 286 g/mol. The van der Waals surface area contributed by atoms with Crippen LogP contribution >= 0.6 is 11.6 Å². The maximum absolute atomic E-state index is 12.6. The lowest BCUT2D eigenvalue weighted by molar-refractivity contribution is -0.143. The van der Waals surface area contributed by atoms with Gasteiger partial charge < -0.3 is 0 Å². The quantitative estimate of drug-likeness (QED) is 0.805. The molecule has 3 rings (SSSR count). The first-order chi connectivity index (χ1) is 10.0. The van der Waals surface area contributed by atoms with Crippen molar-refractivity contribution in [2.24, 2.45) is 11.3 Å². The van der Waals surface area contributed by atoms with Crippen LogP contribution in [-0.2, 0) is 9.59 Å². The van der Waals surface area contributed by atoms with Crippen LogP contribution in [0.1, 0.15) is 50.5 Å². The van der Waals surface area contributed by atoms with Crippen LogP contribution in [0.3, 0.4) is 0 Å². The topological polar surface area (TPSA) is 46.2 Å². The van der Waals surface area contributed by atoms with E-state index in [4.69, 9.17) is 11.6 Å². The number of nitrogens with one attached hydrogen (secondary N) is 1. The molecule has 21 heavy (non-hydrogen) atoms. The lowest BCUT2D eigenvalue weighted by atomic mass is 9.55. The van der Waals surface area contributed by atoms with Crippen LogP contribution in [0.4, 0.5) is 0 Å². The van der Waals surface area contributed by atoms with Gasteiger partial charge in [0.1, 0.15) is 0 Å². The van der Waals surface area contributed by atoms with Crippen molar-refractivity contribution in [2.75, 3.05) is 0 Å². The summed E-state index contributed by atoms with van der Waals surface area (Å²) in [5, 5.41) is 3.15. The molecule has 3 unspecified atom stereocenters. The van der Waals surface area contributed by atoms with Gasteiger partial charge in [-0.1, -0.05) is 49.9 Å². The number of piperidine rings is 1. The normalized spacial score (nSPS) is 33.0. The highest BCUT2D eigenvalue weighted by molar-refractivity contribution is 6.30. The molecule has 1 aliphatic carbocycles. The molecule has 1 saturated carbocycles. The third kappa shape index (κ3) is 2.48. The Morgan fingerprint density at radius 2 is 2.10 bits per heavy atom. The van der Waals surface area contributed by atoms with Crippen LogP contribution in [0, 0.1) is 11.3 Å². The second-order valence-corrected chi connectivity index (χ2v) is 6.89. The van der Waals surface area contributed by atoms with Crippen molar-refractivity contribution in [1.29, 1.82) is 0 Å². The lowest BCUT2D eigenvalue weighted by Crippen LogP contribution is -2.54. The van der Waals surface area contributed by atoms with Crippen LogP contribution in [0.2, 0.25) is 5.02 Å². The summed E-state index contributed by atoms with van der Waals surface area (Å²) in [5.41, 5.74) is 0.684. The fourth-order valence-electron chi connectivity index (χ4n) is 4.22. The molecule has 1 N–H and O–H groups in total. The molecule has 1 aliphatic heterocycles. The zero-order chi connectivity index (χ0) is 15.0. The van der Waals surface area contributed by atoms with E-state index in [1.165, 1.54) is 6.42 Å². The fourth-order valence-corrected chi connectivity index (χ4v) is 4.41. The smallest absolute Gasteiger partial charge is 0.234 e. The highest BCUT2D eigenvalue weighted by Crippen LogP contribution is 2.54. The zero-order valence-corrected chi connectivity index (χ0v) is 13.0. The largest absolute Gasteiger partial charge is 0.296 e. The molecule has 2 amide bonds. The van der Waals surface area contributed by atoms with Crippen molar-refractivity contribution in [1.82, 2.24) is 5.32 Å². The molecule has 112 valence electrons. The Kier molecular flexibility index (Phi) is 3.78. The van der Waals surface area contributed by atoms with Gasteiger partial charge in [0.15, 0.2) is 0 Å². The summed E-state index contributed by atoms with van der Waals surface area (Å²) in [4.78, 5) is 24.5. The fraction of sp³-hybridized carbons (Fsp3) is 0.529. The summed E-state index contributed by atoms with van der Waals surface area (Å²) in [6.07, 6.45) is 4.72. The monoisotopic (exact) mass is 305 g/mol. The van der Waals surface area contributed by atoms with E-state index in [0.717, 1.165) is 24.8 Å². The third-order valence-corrected chi connectivity index (χ3v) is 5.52. The zero-order valence-electron chi connectivity index (χ0n) is 12.2. The number of amides is 2. The SMILES string of the molecule is CC1CCCCC12CC(=O)NC(=O)C2c1cccc(Cl)c1. The van der Waals surface area contributed by atoms with Gasteiger partial charge >= 0.3 is 0 Å². The predicted molar refractivity (Wildman–Crippen MR) is 82.0 cm³/mol. The van der Waals surface area contributed by atoms with E-state index in [1.807, 2.05) is 24.3 Å². The van der Waals surface area contributed by atoms with Gasteiger partial charge in [-0.3, -0.25) is 14.9 Å². The van der Waals surface area contributed by atoms with Crippen molar-refractivity contribution in [3.05, 3.63) is 34.9 Å². The molecule has 0 aromatic heterocycles. The Labute approximate surface area is 130 Å². The minimum Gasteiger partial charge on any atom is -0.296 e. The number of halogens is 1. The molecule has 2 fully saturated rings. The van der Waals surface area contributed by atoms with Gasteiger partial charge in [-0.15, -0.1) is 0 Å². The molecule has 1 spiro atoms. The summed E-state index contributed by atoms with van der Waals surface area (Å²) < 4.78 is 0. The molecule has 1 aromatic carbocycles. The third-order valence-electron chi connectivity index (χ3n) is 5.28. The number of hydrogen-bond acceptors (Lipinski definition) is 2. The minimum atomic E-state index is -0.274. The van der Waals surface area contributed by atoms with Gasteiger partial charge in [0.2, 0.25) is 11.8 Å². The van der Waals surface area contributed by atoms with Crippen LogP contribution in [-0.4, -0.2) is 11.8 Å². The first-order valence-electron chi connectivity index (χ1n) is 7.62. The second-order valence-electron chi connectivity index (χ2n) is 6.46. The Balaban J connectivity index is 2.08. The lowest BCUT2D eigenvalue weighted by Gasteiger charge is -2.49. The van der Waals surface area contributed by atoms with Crippen LogP contribution in [0.25, 0.3) is 0 Å². The average Bonchev–Trinajstić information content (AvgIpc) is 2.41. The number of carbonyl (C=O) groups excluding carboxylic acids is 2. The Morgan fingerprint density at radius 3 is 2.81 bits per heavy atom. The van der Waals surface area contributed by atoms with Gasteiger partial charge in [-0.2, -0.15) is 0 Å². The van der Waals surface area contributed by atoms with E-state index in [9.17, 15) is 9.59 Å². The maximum atomic E-state index is 12.6. The van der Waals surface area contributed by atoms with Gasteiger partial charge in [-0.05, 0) is 35.4 Å². The minimum absolute atomic E-state index is 0.132. The summed E-state index contributed by atoms with van der Waals surface area (Å²) in [6.45, 7) is 2.18. The molecule has 3 nitrogen and oxygen atoms in total. The van der Waals surface area contributed by atoms with Crippen molar-refractivity contribution in [2.45, 2.75) is 44.9 Å². The van der Waals surface area contributed by atoms with Gasteiger partial charge in [-0.25, -0.2) is 0 Å². The maximum Gasteiger partial charge on any atom is 0.234 e. The number of imide groups is 1. The predicted octanol–water partition coefficient (Wildman–Crippen LogP) is 3.67. The standard InChI is InChI=1S/C17H20ClNO2/c1-11-5-2-3-8-17(11)10-14(20)19-16(21)15(17)12-6-4-7-13(18)9-12/h4,6-7,9,11,15H,2-3,5,8,10H2,1H3,(H,19,20,21). The summed E-state index contributed by atoms with van der Waals surface area (Å²) in [6, 6.07) is 7.51. The highest BCUT2D eigenvalue weighted by Gasteiger charge is 2.52. The van der Waals surface area contributed by atoms with Crippen molar-refractivity contribution in [3.8, 4) is 0 Å². The Hall–Kier alpha value is -1.35. The summed E-state index contributed by atoms with van der Waals surface area (Å²) in [5.74, 6) is -0.205. The van der Waals surface area contributed by atoms with E-state index >= 15 is 0 Å². The highest BCUT2D eigenvalue weighted by atomic mass is 35.5. The molecule has 2 aliphatic rings. The molecule has 3 atom stereocenters. The van der Waals surface area contributed by atoms with Crippen molar-refractivity contribution in [3.63, 3.8) is 0 Å². The first-order valence-corrected chi connectivity index (χ1v) is 8.00. The number of hydrogen-bond donors (Lipinski definition) is 1. The Bertz CT molecular complexity index is 586. The number of carbonyl (C=O) groups is 2. The molecule has 0 bridgehead atoms. The molecule has 0 radical (unpaired) electrons. The van der Waals surface area contributed by atoms with Crippen LogP contribution in [0.5, 0.6) is 0 Å². The number of rotatable bonds is 1.